The molecule has 1 aliphatic heterocycles. The van der Waals surface area contributed by atoms with Crippen LogP contribution in [-0.2, 0) is 6.54 Å². The minimum Gasteiger partial charge on any atom is -0.465 e. The van der Waals surface area contributed by atoms with E-state index in [1.165, 1.54) is 11.0 Å². The Kier molecular flexibility index (Phi) is 4.76. The summed E-state index contributed by atoms with van der Waals surface area (Å²) in [5, 5.41) is 8.99. The average Bonchev–Trinajstić information content (AvgIpc) is 2.58. The highest BCUT2D eigenvalue weighted by Gasteiger charge is 2.20. The molecule has 1 amide bonds. The Morgan fingerprint density at radius 1 is 1.17 bits per heavy atom. The summed E-state index contributed by atoms with van der Waals surface area (Å²) >= 11 is 0. The molecule has 0 spiro atoms. The van der Waals surface area contributed by atoms with Crippen molar-refractivity contribution in [1.82, 2.24) is 14.8 Å². The number of hydrogen-bond donors (Lipinski definition) is 1. The first-order chi connectivity index (χ1) is 11.5. The molecular weight excluding hydrogens is 309 g/mol. The maximum absolute atomic E-state index is 13.9. The molecule has 24 heavy (non-hydrogen) atoms. The van der Waals surface area contributed by atoms with E-state index >= 15 is 0 Å². The monoisotopic (exact) mass is 329 g/mol. The van der Waals surface area contributed by atoms with Crippen molar-refractivity contribution in [2.24, 2.45) is 0 Å². The maximum atomic E-state index is 13.9. The van der Waals surface area contributed by atoms with Gasteiger partial charge in [0.25, 0.3) is 0 Å². The molecule has 2 heterocycles. The van der Waals surface area contributed by atoms with Crippen LogP contribution in [0.3, 0.4) is 0 Å². The first-order valence-electron chi connectivity index (χ1n) is 7.96. The van der Waals surface area contributed by atoms with Crippen LogP contribution in [0.2, 0.25) is 0 Å². The number of aryl methyl sites for hydroxylation is 1. The van der Waals surface area contributed by atoms with E-state index in [0.717, 1.165) is 17.8 Å². The molecule has 0 aliphatic carbocycles. The zero-order valence-electron chi connectivity index (χ0n) is 13.6. The molecule has 1 N–H and O–H groups in total. The summed E-state index contributed by atoms with van der Waals surface area (Å²) < 4.78 is 13.9. The Balaban J connectivity index is 1.70. The lowest BCUT2D eigenvalue weighted by molar-refractivity contribution is 0.103. The van der Waals surface area contributed by atoms with Gasteiger partial charge >= 0.3 is 6.09 Å². The molecule has 0 bridgehead atoms. The third kappa shape index (κ3) is 3.54. The summed E-state index contributed by atoms with van der Waals surface area (Å²) in [5.74, 6) is -0.276. The van der Waals surface area contributed by atoms with Crippen LogP contribution in [0.5, 0.6) is 0 Å². The van der Waals surface area contributed by atoms with Crippen LogP contribution < -0.4 is 0 Å². The van der Waals surface area contributed by atoms with Crippen molar-refractivity contribution < 1.29 is 14.3 Å². The second-order valence-electron chi connectivity index (χ2n) is 5.97. The molecule has 6 heteroatoms. The Morgan fingerprint density at radius 2 is 1.88 bits per heavy atom. The van der Waals surface area contributed by atoms with Gasteiger partial charge in [-0.3, -0.25) is 9.88 Å². The molecule has 1 fully saturated rings. The first-order valence-corrected chi connectivity index (χ1v) is 7.96. The fourth-order valence-electron chi connectivity index (χ4n) is 2.91. The van der Waals surface area contributed by atoms with E-state index in [-0.39, 0.29) is 5.82 Å². The zero-order valence-corrected chi connectivity index (χ0v) is 13.6. The van der Waals surface area contributed by atoms with Crippen LogP contribution in [0, 0.1) is 12.7 Å². The molecule has 0 radical (unpaired) electrons. The van der Waals surface area contributed by atoms with E-state index in [9.17, 15) is 9.18 Å². The number of rotatable bonds is 3. The number of piperazine rings is 1. The number of amides is 1. The Morgan fingerprint density at radius 3 is 2.50 bits per heavy atom. The second-order valence-corrected chi connectivity index (χ2v) is 5.97. The van der Waals surface area contributed by atoms with Crippen molar-refractivity contribution in [3.63, 3.8) is 0 Å². The molecular formula is C18H20FN3O2. The van der Waals surface area contributed by atoms with Gasteiger partial charge in [0.1, 0.15) is 5.82 Å². The highest BCUT2D eigenvalue weighted by molar-refractivity contribution is 5.65. The smallest absolute Gasteiger partial charge is 0.407 e. The van der Waals surface area contributed by atoms with Gasteiger partial charge in [-0.25, -0.2) is 9.18 Å². The van der Waals surface area contributed by atoms with Crippen molar-refractivity contribution in [2.75, 3.05) is 26.2 Å². The van der Waals surface area contributed by atoms with Crippen molar-refractivity contribution in [2.45, 2.75) is 13.5 Å². The molecule has 1 aliphatic rings. The maximum Gasteiger partial charge on any atom is 0.407 e. The number of aromatic nitrogens is 1. The normalized spacial score (nSPS) is 15.5. The summed E-state index contributed by atoms with van der Waals surface area (Å²) in [5.41, 5.74) is 3.09. The lowest BCUT2D eigenvalue weighted by Gasteiger charge is -2.33. The van der Waals surface area contributed by atoms with E-state index < -0.39 is 6.09 Å². The molecule has 126 valence electrons. The van der Waals surface area contributed by atoms with Crippen molar-refractivity contribution >= 4 is 6.09 Å². The van der Waals surface area contributed by atoms with Gasteiger partial charge < -0.3 is 10.0 Å². The largest absolute Gasteiger partial charge is 0.465 e. The first kappa shape index (κ1) is 16.4. The Hall–Kier alpha value is -2.47. The number of carbonyl (C=O) groups is 1. The van der Waals surface area contributed by atoms with Gasteiger partial charge in [0.15, 0.2) is 0 Å². The van der Waals surface area contributed by atoms with Crippen LogP contribution in [0.4, 0.5) is 9.18 Å². The SMILES string of the molecule is Cc1nc(-c2ccccc2F)ccc1CN1CCN(C(=O)O)CC1. The number of halogens is 1. The lowest BCUT2D eigenvalue weighted by Crippen LogP contribution is -2.47. The number of benzene rings is 1. The number of nitrogens with zero attached hydrogens (tertiary/aromatic N) is 3. The molecule has 5 nitrogen and oxygen atoms in total. The summed E-state index contributed by atoms with van der Waals surface area (Å²) in [4.78, 5) is 19.1. The van der Waals surface area contributed by atoms with Crippen molar-refractivity contribution in [1.29, 1.82) is 0 Å². The number of pyridine rings is 1. The van der Waals surface area contributed by atoms with Crippen LogP contribution in [-0.4, -0.2) is 52.2 Å². The topological polar surface area (TPSA) is 56.7 Å². The van der Waals surface area contributed by atoms with Gasteiger partial charge in [0.05, 0.1) is 5.69 Å². The molecule has 0 saturated carbocycles. The van der Waals surface area contributed by atoms with E-state index in [4.69, 9.17) is 5.11 Å². The number of hydrogen-bond acceptors (Lipinski definition) is 3. The third-order valence-electron chi connectivity index (χ3n) is 4.38. The minimum absolute atomic E-state index is 0.276. The summed E-state index contributed by atoms with van der Waals surface area (Å²) in [6.45, 7) is 5.11. The van der Waals surface area contributed by atoms with Gasteiger partial charge in [-0.15, -0.1) is 0 Å². The van der Waals surface area contributed by atoms with Gasteiger partial charge in [-0.1, -0.05) is 18.2 Å². The fourth-order valence-corrected chi connectivity index (χ4v) is 2.91. The van der Waals surface area contributed by atoms with Gasteiger partial charge in [0.2, 0.25) is 0 Å². The Labute approximate surface area is 140 Å². The minimum atomic E-state index is -0.860. The van der Waals surface area contributed by atoms with Crippen LogP contribution in [0.25, 0.3) is 11.3 Å². The number of carboxylic acid groups (broad SMARTS) is 1. The highest BCUT2D eigenvalue weighted by Crippen LogP contribution is 2.22. The molecule has 0 atom stereocenters. The predicted molar refractivity (Wildman–Crippen MR) is 89.2 cm³/mol. The summed E-state index contributed by atoms with van der Waals surface area (Å²) in [6, 6.07) is 10.4. The van der Waals surface area contributed by atoms with Crippen molar-refractivity contribution in [3.8, 4) is 11.3 Å². The predicted octanol–water partition coefficient (Wildman–Crippen LogP) is 2.99. The third-order valence-corrected chi connectivity index (χ3v) is 4.38. The molecule has 1 aromatic carbocycles. The van der Waals surface area contributed by atoms with Gasteiger partial charge in [-0.05, 0) is 30.7 Å². The summed E-state index contributed by atoms with van der Waals surface area (Å²) in [7, 11) is 0. The second kappa shape index (κ2) is 6.97. The standard InChI is InChI=1S/C18H20FN3O2/c1-13-14(12-21-8-10-22(11-9-21)18(23)24)6-7-17(20-13)15-4-2-3-5-16(15)19/h2-7H,8-12H2,1H3,(H,23,24). The lowest BCUT2D eigenvalue weighted by atomic mass is 10.1. The van der Waals surface area contributed by atoms with E-state index in [2.05, 4.69) is 9.88 Å². The summed E-state index contributed by atoms with van der Waals surface area (Å²) in [6.07, 6.45) is -0.860. The molecule has 0 unspecified atom stereocenters. The zero-order chi connectivity index (χ0) is 17.1. The van der Waals surface area contributed by atoms with Crippen LogP contribution in [0.1, 0.15) is 11.3 Å². The van der Waals surface area contributed by atoms with E-state index in [1.807, 2.05) is 19.1 Å². The van der Waals surface area contributed by atoms with Crippen LogP contribution >= 0.6 is 0 Å². The highest BCUT2D eigenvalue weighted by atomic mass is 19.1. The van der Waals surface area contributed by atoms with E-state index in [1.54, 1.807) is 18.2 Å². The van der Waals surface area contributed by atoms with Crippen molar-refractivity contribution in [3.05, 3.63) is 53.5 Å². The molecule has 3 rings (SSSR count). The van der Waals surface area contributed by atoms with Gasteiger partial charge in [0, 0.05) is 44.0 Å². The Bertz CT molecular complexity index is 743. The van der Waals surface area contributed by atoms with Gasteiger partial charge in [-0.2, -0.15) is 0 Å². The molecule has 2 aromatic rings. The average molecular weight is 329 g/mol. The quantitative estimate of drug-likeness (QED) is 0.940. The molecule has 1 aromatic heterocycles. The van der Waals surface area contributed by atoms with Crippen LogP contribution in [0.15, 0.2) is 36.4 Å². The van der Waals surface area contributed by atoms with E-state index in [0.29, 0.717) is 37.4 Å². The molecule has 1 saturated heterocycles. The fraction of sp³-hybridized carbons (Fsp3) is 0.333.